The van der Waals surface area contributed by atoms with Gasteiger partial charge in [0.1, 0.15) is 11.5 Å². The highest BCUT2D eigenvalue weighted by atomic mass is 19.1. The monoisotopic (exact) mass is 356 g/mol. The Morgan fingerprint density at radius 1 is 1.08 bits per heavy atom. The molecule has 6 heteroatoms. The molecular weight excluding hydrogens is 331 g/mol. The molecule has 26 heavy (non-hydrogen) atoms. The van der Waals surface area contributed by atoms with Gasteiger partial charge in [0.15, 0.2) is 0 Å². The standard InChI is InChI=1S/C20H25FN4O/c1-20(2,3)23-16-8-9-22-18(14-16)19(26)25-12-10-24(11-13-25)17-6-4-15(21)5-7-17/h4-9,14H,10-13H2,1-3H3,(H,22,23). The van der Waals surface area contributed by atoms with E-state index in [1.807, 2.05) is 11.0 Å². The average Bonchev–Trinajstić information content (AvgIpc) is 2.61. The minimum absolute atomic E-state index is 0.0543. The van der Waals surface area contributed by atoms with Crippen molar-refractivity contribution in [3.05, 3.63) is 54.1 Å². The van der Waals surface area contributed by atoms with Crippen LogP contribution in [0.2, 0.25) is 0 Å². The van der Waals surface area contributed by atoms with Gasteiger partial charge in [0, 0.05) is 49.3 Å². The Labute approximate surface area is 153 Å². The smallest absolute Gasteiger partial charge is 0.272 e. The highest BCUT2D eigenvalue weighted by Crippen LogP contribution is 2.19. The zero-order chi connectivity index (χ0) is 18.7. The summed E-state index contributed by atoms with van der Waals surface area (Å²) in [6, 6.07) is 10.1. The Kier molecular flexibility index (Phi) is 5.11. The lowest BCUT2D eigenvalue weighted by molar-refractivity contribution is 0.0741. The van der Waals surface area contributed by atoms with Crippen LogP contribution in [-0.2, 0) is 0 Å². The van der Waals surface area contributed by atoms with E-state index in [4.69, 9.17) is 0 Å². The zero-order valence-electron chi connectivity index (χ0n) is 15.5. The first-order valence-electron chi connectivity index (χ1n) is 8.86. The molecule has 1 aromatic carbocycles. The van der Waals surface area contributed by atoms with E-state index in [9.17, 15) is 9.18 Å². The second kappa shape index (κ2) is 7.32. The molecule has 1 aliphatic heterocycles. The van der Waals surface area contributed by atoms with E-state index in [1.165, 1.54) is 12.1 Å². The van der Waals surface area contributed by atoms with Gasteiger partial charge in [0.05, 0.1) is 0 Å². The number of halogens is 1. The topological polar surface area (TPSA) is 48.5 Å². The van der Waals surface area contributed by atoms with Gasteiger partial charge in [0.25, 0.3) is 5.91 Å². The van der Waals surface area contributed by atoms with E-state index in [1.54, 1.807) is 24.4 Å². The number of pyridine rings is 1. The summed E-state index contributed by atoms with van der Waals surface area (Å²) in [4.78, 5) is 21.0. The van der Waals surface area contributed by atoms with Crippen LogP contribution in [0.4, 0.5) is 15.8 Å². The number of piperazine rings is 1. The van der Waals surface area contributed by atoms with Crippen molar-refractivity contribution in [1.82, 2.24) is 9.88 Å². The number of carbonyl (C=O) groups excluding carboxylic acids is 1. The third-order valence-electron chi connectivity index (χ3n) is 4.26. The number of rotatable bonds is 3. The average molecular weight is 356 g/mol. The molecule has 138 valence electrons. The molecule has 1 fully saturated rings. The molecule has 0 aliphatic carbocycles. The third kappa shape index (κ3) is 4.50. The number of nitrogens with one attached hydrogen (secondary N) is 1. The van der Waals surface area contributed by atoms with Gasteiger partial charge >= 0.3 is 0 Å². The van der Waals surface area contributed by atoms with Gasteiger partial charge in [-0.2, -0.15) is 0 Å². The maximum atomic E-state index is 13.1. The molecular formula is C20H25FN4O. The van der Waals surface area contributed by atoms with Crippen LogP contribution in [0.25, 0.3) is 0 Å². The Morgan fingerprint density at radius 3 is 2.35 bits per heavy atom. The van der Waals surface area contributed by atoms with E-state index in [0.717, 1.165) is 24.5 Å². The molecule has 0 saturated carbocycles. The van der Waals surface area contributed by atoms with E-state index < -0.39 is 0 Å². The van der Waals surface area contributed by atoms with E-state index in [0.29, 0.717) is 18.8 Å². The summed E-state index contributed by atoms with van der Waals surface area (Å²) >= 11 is 0. The number of hydrogen-bond acceptors (Lipinski definition) is 4. The fourth-order valence-electron chi connectivity index (χ4n) is 3.04. The number of benzene rings is 1. The lowest BCUT2D eigenvalue weighted by Crippen LogP contribution is -2.49. The molecule has 1 amide bonds. The van der Waals surface area contributed by atoms with Gasteiger partial charge in [-0.25, -0.2) is 4.39 Å². The molecule has 3 rings (SSSR count). The van der Waals surface area contributed by atoms with Crippen molar-refractivity contribution in [2.75, 3.05) is 36.4 Å². The number of hydrogen-bond donors (Lipinski definition) is 1. The van der Waals surface area contributed by atoms with Crippen LogP contribution in [0.5, 0.6) is 0 Å². The minimum atomic E-state index is -0.239. The molecule has 1 aliphatic rings. The number of carbonyl (C=O) groups is 1. The van der Waals surface area contributed by atoms with Crippen LogP contribution in [0.15, 0.2) is 42.6 Å². The van der Waals surface area contributed by atoms with Crippen LogP contribution < -0.4 is 10.2 Å². The molecule has 1 aromatic heterocycles. The number of nitrogens with zero attached hydrogens (tertiary/aromatic N) is 3. The Morgan fingerprint density at radius 2 is 1.73 bits per heavy atom. The molecule has 0 spiro atoms. The predicted octanol–water partition coefficient (Wildman–Crippen LogP) is 3.39. The van der Waals surface area contributed by atoms with Crippen molar-refractivity contribution in [1.29, 1.82) is 0 Å². The second-order valence-corrected chi connectivity index (χ2v) is 7.56. The van der Waals surface area contributed by atoms with Crippen molar-refractivity contribution in [3.8, 4) is 0 Å². The van der Waals surface area contributed by atoms with Crippen molar-refractivity contribution >= 4 is 17.3 Å². The van der Waals surface area contributed by atoms with Gasteiger partial charge in [-0.05, 0) is 57.2 Å². The summed E-state index contributed by atoms with van der Waals surface area (Å²) in [6.45, 7) is 8.90. The molecule has 1 saturated heterocycles. The zero-order valence-corrected chi connectivity index (χ0v) is 15.5. The summed E-state index contributed by atoms with van der Waals surface area (Å²) in [5.41, 5.74) is 2.24. The van der Waals surface area contributed by atoms with Gasteiger partial charge in [-0.15, -0.1) is 0 Å². The minimum Gasteiger partial charge on any atom is -0.380 e. The molecule has 5 nitrogen and oxygen atoms in total. The molecule has 0 unspecified atom stereocenters. The lowest BCUT2D eigenvalue weighted by atomic mass is 10.1. The van der Waals surface area contributed by atoms with Crippen LogP contribution in [0, 0.1) is 5.82 Å². The molecule has 0 atom stereocenters. The van der Waals surface area contributed by atoms with Gasteiger partial charge < -0.3 is 15.1 Å². The highest BCUT2D eigenvalue weighted by molar-refractivity contribution is 5.93. The molecule has 2 aromatic rings. The number of aromatic nitrogens is 1. The predicted molar refractivity (Wildman–Crippen MR) is 102 cm³/mol. The first-order valence-corrected chi connectivity index (χ1v) is 8.86. The van der Waals surface area contributed by atoms with Crippen LogP contribution >= 0.6 is 0 Å². The quantitative estimate of drug-likeness (QED) is 0.916. The summed E-state index contributed by atoms with van der Waals surface area (Å²) in [6.07, 6.45) is 1.66. The third-order valence-corrected chi connectivity index (χ3v) is 4.26. The van der Waals surface area contributed by atoms with Crippen LogP contribution in [-0.4, -0.2) is 47.5 Å². The highest BCUT2D eigenvalue weighted by Gasteiger charge is 2.23. The summed E-state index contributed by atoms with van der Waals surface area (Å²) in [5, 5.41) is 3.36. The second-order valence-electron chi connectivity index (χ2n) is 7.56. The van der Waals surface area contributed by atoms with Crippen molar-refractivity contribution in [2.45, 2.75) is 26.3 Å². The maximum Gasteiger partial charge on any atom is 0.272 e. The van der Waals surface area contributed by atoms with Crippen molar-refractivity contribution in [2.24, 2.45) is 0 Å². The Balaban J connectivity index is 1.63. The SMILES string of the molecule is CC(C)(C)Nc1ccnc(C(=O)N2CCN(c3ccc(F)cc3)CC2)c1. The molecule has 1 N–H and O–H groups in total. The van der Waals surface area contributed by atoms with E-state index in [-0.39, 0.29) is 17.3 Å². The summed E-state index contributed by atoms with van der Waals surface area (Å²) < 4.78 is 13.1. The first kappa shape index (κ1) is 18.2. The Bertz CT molecular complexity index is 762. The van der Waals surface area contributed by atoms with Crippen molar-refractivity contribution in [3.63, 3.8) is 0 Å². The summed E-state index contributed by atoms with van der Waals surface area (Å²) in [5.74, 6) is -0.293. The number of amides is 1. The van der Waals surface area contributed by atoms with E-state index in [2.05, 4.69) is 36.0 Å². The molecule has 0 radical (unpaired) electrons. The fraction of sp³-hybridized carbons (Fsp3) is 0.400. The van der Waals surface area contributed by atoms with Crippen LogP contribution in [0.1, 0.15) is 31.3 Å². The van der Waals surface area contributed by atoms with Gasteiger partial charge in [0.2, 0.25) is 0 Å². The fourth-order valence-corrected chi connectivity index (χ4v) is 3.04. The van der Waals surface area contributed by atoms with Gasteiger partial charge in [-0.3, -0.25) is 9.78 Å². The van der Waals surface area contributed by atoms with Crippen molar-refractivity contribution < 1.29 is 9.18 Å². The Hall–Kier alpha value is -2.63. The largest absolute Gasteiger partial charge is 0.380 e. The molecule has 2 heterocycles. The maximum absolute atomic E-state index is 13.1. The first-order chi connectivity index (χ1) is 12.3. The molecule has 0 bridgehead atoms. The van der Waals surface area contributed by atoms with E-state index >= 15 is 0 Å². The lowest BCUT2D eigenvalue weighted by Gasteiger charge is -2.36. The van der Waals surface area contributed by atoms with Crippen LogP contribution in [0.3, 0.4) is 0 Å². The summed E-state index contributed by atoms with van der Waals surface area (Å²) in [7, 11) is 0. The normalized spacial score (nSPS) is 15.1. The van der Waals surface area contributed by atoms with Gasteiger partial charge in [-0.1, -0.05) is 0 Å². The number of anilines is 2.